The maximum atomic E-state index is 11.4. The number of hydrogen-bond donors (Lipinski definition) is 0. The van der Waals surface area contributed by atoms with E-state index in [0.29, 0.717) is 13.1 Å². The summed E-state index contributed by atoms with van der Waals surface area (Å²) in [5.41, 5.74) is 0. The summed E-state index contributed by atoms with van der Waals surface area (Å²) in [5, 5.41) is 0. The number of rotatable bonds is 2. The van der Waals surface area contributed by atoms with Crippen LogP contribution in [-0.2, 0) is 19.1 Å². The summed E-state index contributed by atoms with van der Waals surface area (Å²) in [5.74, 6) is -2.90. The Kier molecular flexibility index (Phi) is 3.62. The highest BCUT2D eigenvalue weighted by molar-refractivity contribution is 6.61. The summed E-state index contributed by atoms with van der Waals surface area (Å²) in [6.07, 6.45) is 2.84. The van der Waals surface area contributed by atoms with Crippen molar-refractivity contribution in [3.05, 3.63) is 0 Å². The predicted molar refractivity (Wildman–Crippen MR) is 47.5 cm³/mol. The molecule has 78 valence electrons. The van der Waals surface area contributed by atoms with Crippen LogP contribution in [-0.4, -0.2) is 42.8 Å². The maximum Gasteiger partial charge on any atom is 0.384 e. The molecule has 1 fully saturated rings. The molecular formula is C9H13NO4. The Bertz CT molecular complexity index is 256. The number of esters is 1. The molecule has 1 saturated heterocycles. The number of likely N-dealkylation sites (tertiary alicyclic amines) is 1. The number of hydrogen-bond acceptors (Lipinski definition) is 4. The van der Waals surface area contributed by atoms with Crippen LogP contribution in [0.3, 0.4) is 0 Å². The van der Waals surface area contributed by atoms with E-state index in [-0.39, 0.29) is 0 Å². The van der Waals surface area contributed by atoms with Gasteiger partial charge >= 0.3 is 17.7 Å². The van der Waals surface area contributed by atoms with Gasteiger partial charge in [-0.2, -0.15) is 0 Å². The van der Waals surface area contributed by atoms with Crippen molar-refractivity contribution in [1.82, 2.24) is 4.90 Å². The monoisotopic (exact) mass is 199 g/mol. The normalized spacial score (nSPS) is 16.2. The van der Waals surface area contributed by atoms with Gasteiger partial charge in [0.25, 0.3) is 0 Å². The Morgan fingerprint density at radius 2 is 1.64 bits per heavy atom. The summed E-state index contributed by atoms with van der Waals surface area (Å²) in [7, 11) is 1.09. The third-order valence-electron chi connectivity index (χ3n) is 2.21. The molecule has 1 amide bonds. The molecule has 0 aromatic heterocycles. The van der Waals surface area contributed by atoms with Crippen molar-refractivity contribution in [1.29, 1.82) is 0 Å². The fourth-order valence-electron chi connectivity index (χ4n) is 1.42. The number of nitrogens with zero attached hydrogens (tertiary/aromatic N) is 1. The topological polar surface area (TPSA) is 63.7 Å². The summed E-state index contributed by atoms with van der Waals surface area (Å²) < 4.78 is 4.19. The summed E-state index contributed by atoms with van der Waals surface area (Å²) in [6, 6.07) is 0. The molecule has 5 heteroatoms. The molecule has 1 aliphatic rings. The first-order chi connectivity index (χ1) is 6.66. The number of carbonyl (C=O) groups excluding carboxylic acids is 3. The molecule has 1 heterocycles. The van der Waals surface area contributed by atoms with E-state index in [2.05, 4.69) is 4.74 Å². The first-order valence-corrected chi connectivity index (χ1v) is 4.58. The molecule has 0 aliphatic carbocycles. The second kappa shape index (κ2) is 4.74. The minimum Gasteiger partial charge on any atom is -0.463 e. The highest BCUT2D eigenvalue weighted by Crippen LogP contribution is 2.08. The van der Waals surface area contributed by atoms with Crippen LogP contribution in [0.1, 0.15) is 19.3 Å². The number of ether oxygens (including phenoxy) is 1. The zero-order valence-corrected chi connectivity index (χ0v) is 8.12. The smallest absolute Gasteiger partial charge is 0.384 e. The van der Waals surface area contributed by atoms with Gasteiger partial charge in [-0.3, -0.25) is 9.59 Å². The number of ketones is 1. The van der Waals surface area contributed by atoms with Crippen LogP contribution in [0.4, 0.5) is 0 Å². The van der Waals surface area contributed by atoms with E-state index in [9.17, 15) is 14.4 Å². The lowest BCUT2D eigenvalue weighted by molar-refractivity contribution is -0.158. The minimum atomic E-state index is -1.08. The average Bonchev–Trinajstić information content (AvgIpc) is 2.27. The standard InChI is InChI=1S/C9H13NO4/c1-14-9(13)7(11)8(12)10-5-3-2-4-6-10/h2-6H2,1H3. The predicted octanol–water partition coefficient (Wildman–Crippen LogP) is -0.259. The highest BCUT2D eigenvalue weighted by atomic mass is 16.5. The van der Waals surface area contributed by atoms with Gasteiger partial charge in [0.2, 0.25) is 0 Å². The van der Waals surface area contributed by atoms with E-state index in [1.165, 1.54) is 4.90 Å². The van der Waals surface area contributed by atoms with Gasteiger partial charge in [0, 0.05) is 13.1 Å². The molecule has 0 N–H and O–H groups in total. The summed E-state index contributed by atoms with van der Waals surface area (Å²) in [4.78, 5) is 34.7. The second-order valence-corrected chi connectivity index (χ2v) is 3.17. The Labute approximate surface area is 82.0 Å². The van der Waals surface area contributed by atoms with E-state index in [0.717, 1.165) is 26.4 Å². The van der Waals surface area contributed by atoms with E-state index >= 15 is 0 Å². The minimum absolute atomic E-state index is 0.557. The van der Waals surface area contributed by atoms with Crippen LogP contribution >= 0.6 is 0 Å². The van der Waals surface area contributed by atoms with Crippen LogP contribution in [0.25, 0.3) is 0 Å². The zero-order valence-electron chi connectivity index (χ0n) is 8.12. The quantitative estimate of drug-likeness (QED) is 0.349. The molecular weight excluding hydrogens is 186 g/mol. The van der Waals surface area contributed by atoms with Crippen LogP contribution in [0.5, 0.6) is 0 Å². The Morgan fingerprint density at radius 1 is 1.07 bits per heavy atom. The summed E-state index contributed by atoms with van der Waals surface area (Å²) >= 11 is 0. The molecule has 1 aliphatic heterocycles. The van der Waals surface area contributed by atoms with Crippen molar-refractivity contribution >= 4 is 17.7 Å². The second-order valence-electron chi connectivity index (χ2n) is 3.17. The van der Waals surface area contributed by atoms with Crippen LogP contribution in [0.2, 0.25) is 0 Å². The molecule has 0 bridgehead atoms. The average molecular weight is 199 g/mol. The Morgan fingerprint density at radius 3 is 2.14 bits per heavy atom. The summed E-state index contributed by atoms with van der Waals surface area (Å²) in [6.45, 7) is 1.11. The van der Waals surface area contributed by atoms with E-state index in [1.807, 2.05) is 0 Å². The molecule has 0 spiro atoms. The Hall–Kier alpha value is -1.39. The number of Topliss-reactive ketones (excluding diaryl/α,β-unsaturated/α-hetero) is 1. The van der Waals surface area contributed by atoms with Gasteiger partial charge in [0.05, 0.1) is 7.11 Å². The van der Waals surface area contributed by atoms with E-state index < -0.39 is 17.7 Å². The molecule has 0 radical (unpaired) electrons. The first kappa shape index (κ1) is 10.7. The molecule has 0 atom stereocenters. The SMILES string of the molecule is COC(=O)C(=O)C(=O)N1CCCCC1. The van der Waals surface area contributed by atoms with Gasteiger partial charge in [0.1, 0.15) is 0 Å². The van der Waals surface area contributed by atoms with Gasteiger partial charge in [0.15, 0.2) is 0 Å². The lowest BCUT2D eigenvalue weighted by atomic mass is 10.1. The molecule has 0 saturated carbocycles. The fourth-order valence-corrected chi connectivity index (χ4v) is 1.42. The van der Waals surface area contributed by atoms with Gasteiger partial charge in [-0.15, -0.1) is 0 Å². The molecule has 14 heavy (non-hydrogen) atoms. The molecule has 0 aromatic carbocycles. The lowest BCUT2D eigenvalue weighted by Crippen LogP contribution is -2.42. The lowest BCUT2D eigenvalue weighted by Gasteiger charge is -2.25. The molecule has 0 aromatic rings. The van der Waals surface area contributed by atoms with Gasteiger partial charge in [-0.1, -0.05) is 0 Å². The van der Waals surface area contributed by atoms with Crippen LogP contribution in [0.15, 0.2) is 0 Å². The van der Waals surface area contributed by atoms with E-state index in [4.69, 9.17) is 0 Å². The number of piperidine rings is 1. The Balaban J connectivity index is 2.55. The highest BCUT2D eigenvalue weighted by Gasteiger charge is 2.29. The van der Waals surface area contributed by atoms with Crippen molar-refractivity contribution in [3.8, 4) is 0 Å². The number of amides is 1. The molecule has 1 rings (SSSR count). The molecule has 5 nitrogen and oxygen atoms in total. The third kappa shape index (κ3) is 2.31. The van der Waals surface area contributed by atoms with Crippen molar-refractivity contribution in [2.24, 2.45) is 0 Å². The third-order valence-corrected chi connectivity index (χ3v) is 2.21. The first-order valence-electron chi connectivity index (χ1n) is 4.58. The molecule has 0 unspecified atom stereocenters. The number of methoxy groups -OCH3 is 1. The fraction of sp³-hybridized carbons (Fsp3) is 0.667. The van der Waals surface area contributed by atoms with Crippen molar-refractivity contribution in [2.45, 2.75) is 19.3 Å². The van der Waals surface area contributed by atoms with Crippen molar-refractivity contribution < 1.29 is 19.1 Å². The van der Waals surface area contributed by atoms with E-state index in [1.54, 1.807) is 0 Å². The van der Waals surface area contributed by atoms with Crippen molar-refractivity contribution in [3.63, 3.8) is 0 Å². The van der Waals surface area contributed by atoms with Crippen molar-refractivity contribution in [2.75, 3.05) is 20.2 Å². The number of carbonyl (C=O) groups is 3. The van der Waals surface area contributed by atoms with Gasteiger partial charge < -0.3 is 9.64 Å². The van der Waals surface area contributed by atoms with Crippen LogP contribution < -0.4 is 0 Å². The van der Waals surface area contributed by atoms with Crippen LogP contribution in [0, 0.1) is 0 Å². The van der Waals surface area contributed by atoms with Gasteiger partial charge in [-0.05, 0) is 19.3 Å². The maximum absolute atomic E-state index is 11.4. The largest absolute Gasteiger partial charge is 0.463 e. The van der Waals surface area contributed by atoms with Gasteiger partial charge in [-0.25, -0.2) is 4.79 Å². The zero-order chi connectivity index (χ0) is 10.6.